The van der Waals surface area contributed by atoms with Gasteiger partial charge in [0, 0.05) is 5.92 Å². The SMILES string of the molecule is Cl.N=C(N)NC(=O)c1cnn(-c2ccc3ccccc3c2)c1C1CC1. The average Bonchev–Trinajstić information content (AvgIpc) is 3.31. The Hall–Kier alpha value is -2.86. The Bertz CT molecular complexity index is 961. The van der Waals surface area contributed by atoms with E-state index in [-0.39, 0.29) is 24.3 Å². The first-order chi connectivity index (χ1) is 11.6. The monoisotopic (exact) mass is 355 g/mol. The van der Waals surface area contributed by atoms with E-state index in [0.29, 0.717) is 11.5 Å². The minimum atomic E-state index is -0.378. The molecule has 0 radical (unpaired) electrons. The number of guanidine groups is 1. The molecule has 25 heavy (non-hydrogen) atoms. The smallest absolute Gasteiger partial charge is 0.261 e. The molecule has 0 atom stereocenters. The van der Waals surface area contributed by atoms with Crippen molar-refractivity contribution in [3.8, 4) is 5.69 Å². The van der Waals surface area contributed by atoms with Crippen molar-refractivity contribution >= 4 is 35.0 Å². The van der Waals surface area contributed by atoms with Crippen LogP contribution in [-0.2, 0) is 0 Å². The second-order valence-corrected chi connectivity index (χ2v) is 6.03. The van der Waals surface area contributed by atoms with Crippen molar-refractivity contribution < 1.29 is 4.79 Å². The molecule has 4 rings (SSSR count). The number of halogens is 1. The zero-order chi connectivity index (χ0) is 16.7. The normalized spacial score (nSPS) is 13.3. The van der Waals surface area contributed by atoms with E-state index in [1.54, 1.807) is 6.20 Å². The first kappa shape index (κ1) is 17.0. The quantitative estimate of drug-likeness (QED) is 0.497. The molecule has 1 aromatic heterocycles. The van der Waals surface area contributed by atoms with Gasteiger partial charge in [0.25, 0.3) is 5.91 Å². The van der Waals surface area contributed by atoms with Crippen LogP contribution in [0.4, 0.5) is 0 Å². The predicted octanol–water partition coefficient (Wildman–Crippen LogP) is 2.95. The van der Waals surface area contributed by atoms with Gasteiger partial charge in [0.2, 0.25) is 0 Å². The molecule has 2 aromatic carbocycles. The maximum Gasteiger partial charge on any atom is 0.261 e. The van der Waals surface area contributed by atoms with Gasteiger partial charge in [-0.1, -0.05) is 30.3 Å². The van der Waals surface area contributed by atoms with E-state index in [9.17, 15) is 4.79 Å². The van der Waals surface area contributed by atoms with Gasteiger partial charge >= 0.3 is 0 Å². The largest absolute Gasteiger partial charge is 0.370 e. The van der Waals surface area contributed by atoms with Crippen LogP contribution in [0.5, 0.6) is 0 Å². The number of carbonyl (C=O) groups is 1. The number of amides is 1. The molecule has 0 aliphatic heterocycles. The van der Waals surface area contributed by atoms with Crippen LogP contribution < -0.4 is 11.1 Å². The number of rotatable bonds is 3. The van der Waals surface area contributed by atoms with E-state index in [4.69, 9.17) is 11.1 Å². The van der Waals surface area contributed by atoms with E-state index in [1.165, 1.54) is 0 Å². The van der Waals surface area contributed by atoms with Crippen LogP contribution in [0.2, 0.25) is 0 Å². The van der Waals surface area contributed by atoms with Gasteiger partial charge in [-0.2, -0.15) is 5.10 Å². The molecule has 6 nitrogen and oxygen atoms in total. The highest BCUT2D eigenvalue weighted by atomic mass is 35.5. The van der Waals surface area contributed by atoms with Crippen molar-refractivity contribution in [2.24, 2.45) is 5.73 Å². The van der Waals surface area contributed by atoms with Crippen LogP contribution in [0.25, 0.3) is 16.5 Å². The molecular formula is C18H18ClN5O. The number of aromatic nitrogens is 2. The number of hydrogen-bond donors (Lipinski definition) is 3. The molecule has 1 aliphatic rings. The highest BCUT2D eigenvalue weighted by Crippen LogP contribution is 2.42. The van der Waals surface area contributed by atoms with Crippen LogP contribution in [0.3, 0.4) is 0 Å². The van der Waals surface area contributed by atoms with Crippen molar-refractivity contribution in [2.75, 3.05) is 0 Å². The van der Waals surface area contributed by atoms with Gasteiger partial charge in [0.15, 0.2) is 5.96 Å². The van der Waals surface area contributed by atoms with Crippen molar-refractivity contribution in [3.63, 3.8) is 0 Å². The lowest BCUT2D eigenvalue weighted by Crippen LogP contribution is -2.36. The van der Waals surface area contributed by atoms with Crippen LogP contribution in [0.1, 0.15) is 34.8 Å². The summed E-state index contributed by atoms with van der Waals surface area (Å²) in [6.45, 7) is 0. The molecule has 1 fully saturated rings. The van der Waals surface area contributed by atoms with Gasteiger partial charge < -0.3 is 5.73 Å². The van der Waals surface area contributed by atoms with Gasteiger partial charge in [-0.15, -0.1) is 12.4 Å². The summed E-state index contributed by atoms with van der Waals surface area (Å²) in [6.07, 6.45) is 3.64. The second-order valence-electron chi connectivity index (χ2n) is 6.03. The van der Waals surface area contributed by atoms with Gasteiger partial charge in [-0.05, 0) is 35.7 Å². The van der Waals surface area contributed by atoms with E-state index in [2.05, 4.69) is 34.7 Å². The van der Waals surface area contributed by atoms with E-state index >= 15 is 0 Å². The third kappa shape index (κ3) is 3.21. The minimum Gasteiger partial charge on any atom is -0.370 e. The molecule has 0 bridgehead atoms. The van der Waals surface area contributed by atoms with Crippen LogP contribution in [-0.4, -0.2) is 21.6 Å². The number of carbonyl (C=O) groups excluding carboxylic acids is 1. The Morgan fingerprint density at radius 3 is 2.60 bits per heavy atom. The maximum atomic E-state index is 12.3. The van der Waals surface area contributed by atoms with Crippen molar-refractivity contribution in [3.05, 3.63) is 59.9 Å². The Morgan fingerprint density at radius 1 is 1.20 bits per heavy atom. The fraction of sp³-hybridized carbons (Fsp3) is 0.167. The number of nitrogens with one attached hydrogen (secondary N) is 2. The lowest BCUT2D eigenvalue weighted by molar-refractivity contribution is 0.0975. The second kappa shape index (κ2) is 6.57. The number of nitrogens with zero attached hydrogens (tertiary/aromatic N) is 2. The zero-order valence-corrected chi connectivity index (χ0v) is 14.2. The third-order valence-electron chi connectivity index (χ3n) is 4.24. The summed E-state index contributed by atoms with van der Waals surface area (Å²) in [5, 5.41) is 16.3. The van der Waals surface area contributed by atoms with E-state index < -0.39 is 0 Å². The Kier molecular flexibility index (Phi) is 4.46. The molecule has 3 aromatic rings. The third-order valence-corrected chi connectivity index (χ3v) is 4.24. The van der Waals surface area contributed by atoms with Gasteiger partial charge in [0.05, 0.1) is 23.1 Å². The highest BCUT2D eigenvalue weighted by Gasteiger charge is 2.33. The zero-order valence-electron chi connectivity index (χ0n) is 13.4. The summed E-state index contributed by atoms with van der Waals surface area (Å²) in [4.78, 5) is 12.3. The summed E-state index contributed by atoms with van der Waals surface area (Å²) in [5.74, 6) is -0.414. The van der Waals surface area contributed by atoms with Crippen LogP contribution >= 0.6 is 12.4 Å². The molecule has 1 heterocycles. The molecular weight excluding hydrogens is 338 g/mol. The highest BCUT2D eigenvalue weighted by molar-refractivity contribution is 6.05. The Morgan fingerprint density at radius 2 is 1.92 bits per heavy atom. The fourth-order valence-electron chi connectivity index (χ4n) is 2.99. The predicted molar refractivity (Wildman–Crippen MR) is 99.7 cm³/mol. The van der Waals surface area contributed by atoms with Gasteiger partial charge in [0.1, 0.15) is 0 Å². The molecule has 1 amide bonds. The molecule has 128 valence electrons. The van der Waals surface area contributed by atoms with Gasteiger partial charge in [-0.25, -0.2) is 4.68 Å². The lowest BCUT2D eigenvalue weighted by Gasteiger charge is -2.10. The molecule has 1 aliphatic carbocycles. The summed E-state index contributed by atoms with van der Waals surface area (Å²) < 4.78 is 1.83. The first-order valence-corrected chi connectivity index (χ1v) is 7.86. The van der Waals surface area contributed by atoms with Gasteiger partial charge in [-0.3, -0.25) is 15.5 Å². The maximum absolute atomic E-state index is 12.3. The summed E-state index contributed by atoms with van der Waals surface area (Å²) in [7, 11) is 0. The Labute approximate surface area is 150 Å². The van der Waals surface area contributed by atoms with E-state index in [0.717, 1.165) is 35.0 Å². The Balaban J connectivity index is 0.00000182. The average molecular weight is 356 g/mol. The summed E-state index contributed by atoms with van der Waals surface area (Å²) in [6, 6.07) is 14.3. The standard InChI is InChI=1S/C18H17N5O.ClH/c19-18(20)22-17(24)15-10-21-23(16(15)12-5-6-12)14-8-7-11-3-1-2-4-13(11)9-14;/h1-4,7-10,12H,5-6H2,(H4,19,20,22,24);1H. The molecule has 0 unspecified atom stereocenters. The van der Waals surface area contributed by atoms with E-state index in [1.807, 2.05) is 22.9 Å². The fourth-order valence-corrected chi connectivity index (χ4v) is 2.99. The topological polar surface area (TPSA) is 96.8 Å². The molecule has 0 saturated heterocycles. The molecule has 7 heteroatoms. The summed E-state index contributed by atoms with van der Waals surface area (Å²) >= 11 is 0. The van der Waals surface area contributed by atoms with Crippen LogP contribution in [0.15, 0.2) is 48.7 Å². The molecule has 0 spiro atoms. The number of fused-ring (bicyclic) bond motifs is 1. The number of benzene rings is 2. The van der Waals surface area contributed by atoms with Crippen molar-refractivity contribution in [1.82, 2.24) is 15.1 Å². The minimum absolute atomic E-state index is 0. The molecule has 4 N–H and O–H groups in total. The van der Waals surface area contributed by atoms with Crippen LogP contribution in [0, 0.1) is 5.41 Å². The first-order valence-electron chi connectivity index (χ1n) is 7.86. The lowest BCUT2D eigenvalue weighted by atomic mass is 10.1. The van der Waals surface area contributed by atoms with Crippen molar-refractivity contribution in [2.45, 2.75) is 18.8 Å². The number of nitrogens with two attached hydrogens (primary N) is 1. The van der Waals surface area contributed by atoms with Crippen molar-refractivity contribution in [1.29, 1.82) is 5.41 Å². The number of hydrogen-bond acceptors (Lipinski definition) is 3. The molecule has 1 saturated carbocycles. The summed E-state index contributed by atoms with van der Waals surface area (Å²) in [5.41, 5.74) is 7.58.